The van der Waals surface area contributed by atoms with Gasteiger partial charge in [-0.2, -0.15) is 0 Å². The van der Waals surface area contributed by atoms with E-state index in [1.165, 1.54) is 4.90 Å². The van der Waals surface area contributed by atoms with E-state index < -0.39 is 0 Å². The minimum absolute atomic E-state index is 0.451. The lowest BCUT2D eigenvalue weighted by molar-refractivity contribution is 0.461. The first-order valence-corrected chi connectivity index (χ1v) is 5.93. The lowest BCUT2D eigenvalue weighted by atomic mass is 10.1. The van der Waals surface area contributed by atoms with E-state index in [-0.39, 0.29) is 0 Å². The molecule has 0 saturated carbocycles. The largest absolute Gasteiger partial charge is 0.507 e. The van der Waals surface area contributed by atoms with E-state index in [0.717, 1.165) is 24.1 Å². The standard InChI is InChI=1S/C11H17NOS/c1-8-4-5-10(14-3)9(11(8)13)6-7-12-2/h4-5,12-13H,6-7H2,1-3H3. The van der Waals surface area contributed by atoms with Crippen LogP contribution in [0.2, 0.25) is 0 Å². The summed E-state index contributed by atoms with van der Waals surface area (Å²) < 4.78 is 0. The molecular weight excluding hydrogens is 194 g/mol. The topological polar surface area (TPSA) is 32.3 Å². The van der Waals surface area contributed by atoms with Crippen molar-refractivity contribution >= 4 is 11.8 Å². The van der Waals surface area contributed by atoms with Gasteiger partial charge in [-0.1, -0.05) is 6.07 Å². The quantitative estimate of drug-likeness (QED) is 0.749. The van der Waals surface area contributed by atoms with E-state index in [4.69, 9.17) is 0 Å². The molecule has 0 aliphatic heterocycles. The molecule has 0 aromatic heterocycles. The van der Waals surface area contributed by atoms with Crippen LogP contribution in [0.15, 0.2) is 17.0 Å². The average molecular weight is 211 g/mol. The third-order valence-corrected chi connectivity index (χ3v) is 3.11. The minimum Gasteiger partial charge on any atom is -0.507 e. The molecule has 0 spiro atoms. The van der Waals surface area contributed by atoms with Gasteiger partial charge >= 0.3 is 0 Å². The smallest absolute Gasteiger partial charge is 0.122 e. The molecule has 3 heteroatoms. The van der Waals surface area contributed by atoms with Crippen LogP contribution in [-0.4, -0.2) is 25.0 Å². The highest BCUT2D eigenvalue weighted by Crippen LogP contribution is 2.31. The summed E-state index contributed by atoms with van der Waals surface area (Å²) in [6.07, 6.45) is 2.91. The zero-order valence-corrected chi connectivity index (χ0v) is 9.74. The Kier molecular flexibility index (Phi) is 4.29. The Balaban J connectivity index is 3.01. The molecule has 0 saturated heterocycles. The summed E-state index contributed by atoms with van der Waals surface area (Å²) in [6.45, 7) is 2.83. The maximum atomic E-state index is 9.90. The Labute approximate surface area is 89.7 Å². The van der Waals surface area contributed by atoms with Crippen LogP contribution < -0.4 is 5.32 Å². The maximum Gasteiger partial charge on any atom is 0.122 e. The maximum absolute atomic E-state index is 9.90. The first-order valence-electron chi connectivity index (χ1n) is 4.70. The van der Waals surface area contributed by atoms with Crippen molar-refractivity contribution in [2.24, 2.45) is 0 Å². The summed E-state index contributed by atoms with van der Waals surface area (Å²) in [6, 6.07) is 4.04. The SMILES string of the molecule is CNCCc1c(SC)ccc(C)c1O. The highest BCUT2D eigenvalue weighted by Gasteiger charge is 2.08. The van der Waals surface area contributed by atoms with Crippen LogP contribution in [0.1, 0.15) is 11.1 Å². The number of thioether (sulfide) groups is 1. The number of phenols is 1. The molecule has 0 radical (unpaired) electrons. The Bertz CT molecular complexity index is 312. The highest BCUT2D eigenvalue weighted by molar-refractivity contribution is 7.98. The fraction of sp³-hybridized carbons (Fsp3) is 0.455. The Morgan fingerprint density at radius 2 is 2.14 bits per heavy atom. The fourth-order valence-corrected chi connectivity index (χ4v) is 2.07. The van der Waals surface area contributed by atoms with Gasteiger partial charge < -0.3 is 10.4 Å². The van der Waals surface area contributed by atoms with Gasteiger partial charge in [-0.15, -0.1) is 11.8 Å². The van der Waals surface area contributed by atoms with Crippen LogP contribution in [0.3, 0.4) is 0 Å². The number of rotatable bonds is 4. The second-order valence-corrected chi connectivity index (χ2v) is 4.11. The van der Waals surface area contributed by atoms with Crippen molar-refractivity contribution in [2.75, 3.05) is 19.8 Å². The molecule has 1 aromatic rings. The lowest BCUT2D eigenvalue weighted by Gasteiger charge is -2.11. The fourth-order valence-electron chi connectivity index (χ4n) is 1.42. The van der Waals surface area contributed by atoms with Crippen LogP contribution in [0.5, 0.6) is 5.75 Å². The summed E-state index contributed by atoms with van der Waals surface area (Å²) in [5.74, 6) is 0.451. The third-order valence-electron chi connectivity index (χ3n) is 2.29. The van der Waals surface area contributed by atoms with Gasteiger partial charge in [-0.05, 0) is 44.8 Å². The zero-order valence-electron chi connectivity index (χ0n) is 8.92. The van der Waals surface area contributed by atoms with E-state index in [0.29, 0.717) is 5.75 Å². The van der Waals surface area contributed by atoms with Crippen molar-refractivity contribution in [3.8, 4) is 5.75 Å². The molecule has 0 bridgehead atoms. The highest BCUT2D eigenvalue weighted by atomic mass is 32.2. The zero-order chi connectivity index (χ0) is 10.6. The minimum atomic E-state index is 0.451. The molecule has 0 amide bonds. The van der Waals surface area contributed by atoms with Crippen LogP contribution in [-0.2, 0) is 6.42 Å². The molecule has 1 aromatic carbocycles. The Hall–Kier alpha value is -0.670. The third kappa shape index (κ3) is 2.42. The molecule has 0 aliphatic carbocycles. The van der Waals surface area contributed by atoms with E-state index >= 15 is 0 Å². The van der Waals surface area contributed by atoms with Crippen molar-refractivity contribution in [2.45, 2.75) is 18.2 Å². The van der Waals surface area contributed by atoms with Crippen LogP contribution in [0.25, 0.3) is 0 Å². The monoisotopic (exact) mass is 211 g/mol. The van der Waals surface area contributed by atoms with Crippen molar-refractivity contribution in [1.29, 1.82) is 0 Å². The normalized spacial score (nSPS) is 10.5. The summed E-state index contributed by atoms with van der Waals surface area (Å²) in [5.41, 5.74) is 2.01. The molecule has 2 N–H and O–H groups in total. The van der Waals surface area contributed by atoms with E-state index in [2.05, 4.69) is 11.4 Å². The van der Waals surface area contributed by atoms with Crippen molar-refractivity contribution < 1.29 is 5.11 Å². The number of hydrogen-bond donors (Lipinski definition) is 2. The van der Waals surface area contributed by atoms with Gasteiger partial charge in [0.05, 0.1) is 0 Å². The second kappa shape index (κ2) is 5.27. The molecule has 0 fully saturated rings. The molecule has 0 unspecified atom stereocenters. The number of hydrogen-bond acceptors (Lipinski definition) is 3. The van der Waals surface area contributed by atoms with E-state index in [9.17, 15) is 5.11 Å². The Morgan fingerprint density at radius 3 is 2.71 bits per heavy atom. The van der Waals surface area contributed by atoms with Gasteiger partial charge in [-0.3, -0.25) is 0 Å². The summed E-state index contributed by atoms with van der Waals surface area (Å²) in [7, 11) is 1.92. The Morgan fingerprint density at radius 1 is 1.43 bits per heavy atom. The molecule has 1 rings (SSSR count). The molecule has 78 valence electrons. The first-order chi connectivity index (χ1) is 6.70. The lowest BCUT2D eigenvalue weighted by Crippen LogP contribution is -2.11. The predicted molar refractivity (Wildman–Crippen MR) is 62.3 cm³/mol. The molecule has 0 heterocycles. The molecule has 0 atom stereocenters. The van der Waals surface area contributed by atoms with Crippen LogP contribution in [0.4, 0.5) is 0 Å². The molecular formula is C11H17NOS. The number of likely N-dealkylation sites (N-methyl/N-ethyl adjacent to an activating group) is 1. The molecule has 14 heavy (non-hydrogen) atoms. The average Bonchev–Trinajstić information content (AvgIpc) is 2.20. The van der Waals surface area contributed by atoms with Crippen LogP contribution in [0, 0.1) is 6.92 Å². The summed E-state index contributed by atoms with van der Waals surface area (Å²) >= 11 is 1.68. The van der Waals surface area contributed by atoms with Gasteiger partial charge in [0, 0.05) is 10.5 Å². The van der Waals surface area contributed by atoms with Gasteiger partial charge in [0.25, 0.3) is 0 Å². The van der Waals surface area contributed by atoms with Crippen molar-refractivity contribution in [3.05, 3.63) is 23.3 Å². The number of aromatic hydroxyl groups is 1. The van der Waals surface area contributed by atoms with Crippen LogP contribution >= 0.6 is 11.8 Å². The first kappa shape index (κ1) is 11.4. The van der Waals surface area contributed by atoms with Crippen molar-refractivity contribution in [3.63, 3.8) is 0 Å². The number of aryl methyl sites for hydroxylation is 1. The van der Waals surface area contributed by atoms with Gasteiger partial charge in [0.2, 0.25) is 0 Å². The van der Waals surface area contributed by atoms with Gasteiger partial charge in [0.15, 0.2) is 0 Å². The van der Waals surface area contributed by atoms with Gasteiger partial charge in [-0.25, -0.2) is 0 Å². The number of phenolic OH excluding ortho intramolecular Hbond substituents is 1. The van der Waals surface area contributed by atoms with E-state index in [1.807, 2.05) is 26.3 Å². The number of nitrogens with one attached hydrogen (secondary N) is 1. The molecule has 0 aliphatic rings. The van der Waals surface area contributed by atoms with E-state index in [1.54, 1.807) is 11.8 Å². The summed E-state index contributed by atoms with van der Waals surface area (Å²) in [4.78, 5) is 1.17. The number of benzene rings is 1. The molecule has 2 nitrogen and oxygen atoms in total. The van der Waals surface area contributed by atoms with Crippen molar-refractivity contribution in [1.82, 2.24) is 5.32 Å². The predicted octanol–water partition coefficient (Wildman–Crippen LogP) is 2.18. The second-order valence-electron chi connectivity index (χ2n) is 3.27. The summed E-state index contributed by atoms with van der Waals surface area (Å²) in [5, 5.41) is 13.0. The van der Waals surface area contributed by atoms with Gasteiger partial charge in [0.1, 0.15) is 5.75 Å².